The van der Waals surface area contributed by atoms with Crippen molar-refractivity contribution < 1.29 is 21.4 Å². The van der Waals surface area contributed by atoms with Crippen molar-refractivity contribution >= 4 is 11.4 Å². The smallest absolute Gasteiger partial charge is 0.225 e. The van der Waals surface area contributed by atoms with Crippen molar-refractivity contribution in [1.29, 1.82) is 0 Å². The first kappa shape index (κ1) is 6.06. The van der Waals surface area contributed by atoms with Gasteiger partial charge < -0.3 is 0 Å². The number of rotatable bonds is 0. The molecule has 0 aromatic carbocycles. The molecule has 6 heteroatoms. The van der Waals surface area contributed by atoms with E-state index in [0.717, 1.165) is 0 Å². The normalized spacial score (nSPS) is 47.5. The zero-order valence-electron chi connectivity index (χ0n) is 3.54. The third kappa shape index (κ3) is 1.01. The zero-order chi connectivity index (χ0) is 6.15. The van der Waals surface area contributed by atoms with Crippen LogP contribution in [0.2, 0.25) is 0 Å². The van der Waals surface area contributed by atoms with Crippen LogP contribution in [0.1, 0.15) is 0 Å². The van der Waals surface area contributed by atoms with Gasteiger partial charge in [-0.05, 0) is 0 Å². The fourth-order valence-corrected chi connectivity index (χ4v) is 0.780. The van der Waals surface area contributed by atoms with Crippen molar-refractivity contribution in [2.45, 2.75) is 12.7 Å². The number of hydrogen-bond donors (Lipinski definition) is 0. The first-order chi connectivity index (χ1) is 3.70. The van der Waals surface area contributed by atoms with Crippen molar-refractivity contribution in [3.05, 3.63) is 0 Å². The lowest BCUT2D eigenvalue weighted by atomic mass is 10.7. The molecule has 0 spiro atoms. The predicted molar refractivity (Wildman–Crippen MR) is 20.1 cm³/mol. The zero-order valence-corrected chi connectivity index (χ0v) is 4.36. The summed E-state index contributed by atoms with van der Waals surface area (Å²) in [4.78, 5) is 0. The molecule has 1 rings (SSSR count). The Hall–Kier alpha value is -0.0700. The maximum atomic E-state index is 11.7. The molecular formula is C2H2F2O3S. The third-order valence-corrected chi connectivity index (χ3v) is 1.23. The molecule has 3 nitrogen and oxygen atoms in total. The Morgan fingerprint density at radius 3 is 1.75 bits per heavy atom. The molecule has 1 saturated heterocycles. The summed E-state index contributed by atoms with van der Waals surface area (Å²) in [6.07, 6.45) is -4.40. The summed E-state index contributed by atoms with van der Waals surface area (Å²) >= 11 is -2.23. The summed E-state index contributed by atoms with van der Waals surface area (Å²) in [6, 6.07) is 0. The summed E-state index contributed by atoms with van der Waals surface area (Å²) < 4.78 is 40.5. The fraction of sp³-hybridized carbons (Fsp3) is 1.00. The molecule has 0 amide bonds. The van der Waals surface area contributed by atoms with Crippen LogP contribution in [-0.2, 0) is 19.7 Å². The van der Waals surface area contributed by atoms with E-state index in [1.165, 1.54) is 0 Å². The van der Waals surface area contributed by atoms with E-state index < -0.39 is 24.1 Å². The Morgan fingerprint density at radius 1 is 1.25 bits per heavy atom. The highest BCUT2D eigenvalue weighted by Crippen LogP contribution is 2.18. The van der Waals surface area contributed by atoms with Gasteiger partial charge in [0, 0.05) is 0 Å². The van der Waals surface area contributed by atoms with Crippen LogP contribution in [-0.4, -0.2) is 16.9 Å². The quantitative estimate of drug-likeness (QED) is 0.487. The van der Waals surface area contributed by atoms with Crippen molar-refractivity contribution in [1.82, 2.24) is 0 Å². The molecule has 0 aromatic heterocycles. The van der Waals surface area contributed by atoms with Crippen LogP contribution in [0.3, 0.4) is 0 Å². The van der Waals surface area contributed by atoms with Crippen molar-refractivity contribution in [2.24, 2.45) is 0 Å². The SMILES string of the molecule is O=S1OC(F)C(F)O1. The first-order valence-electron chi connectivity index (χ1n) is 1.74. The van der Waals surface area contributed by atoms with Crippen LogP contribution in [0.4, 0.5) is 8.78 Å². The van der Waals surface area contributed by atoms with Gasteiger partial charge in [-0.25, -0.2) is 17.1 Å². The van der Waals surface area contributed by atoms with E-state index >= 15 is 0 Å². The number of alkyl halides is 2. The van der Waals surface area contributed by atoms with Gasteiger partial charge in [0.2, 0.25) is 0 Å². The van der Waals surface area contributed by atoms with Crippen LogP contribution in [0, 0.1) is 0 Å². The molecule has 2 atom stereocenters. The van der Waals surface area contributed by atoms with Gasteiger partial charge in [0.15, 0.2) is 0 Å². The lowest BCUT2D eigenvalue weighted by Gasteiger charge is -1.91. The van der Waals surface area contributed by atoms with Crippen molar-refractivity contribution in [3.8, 4) is 0 Å². The second-order valence-corrected chi connectivity index (χ2v) is 1.89. The van der Waals surface area contributed by atoms with Gasteiger partial charge >= 0.3 is 11.4 Å². The average Bonchev–Trinajstić information content (AvgIpc) is 1.85. The lowest BCUT2D eigenvalue weighted by molar-refractivity contribution is -0.0349. The van der Waals surface area contributed by atoms with E-state index in [1.54, 1.807) is 0 Å². The molecule has 0 saturated carbocycles. The molecule has 0 aromatic rings. The first-order valence-corrected chi connectivity index (χ1v) is 2.74. The molecular weight excluding hydrogens is 142 g/mol. The largest absolute Gasteiger partial charge is 0.310 e. The molecule has 0 N–H and O–H groups in total. The monoisotopic (exact) mass is 144 g/mol. The van der Waals surface area contributed by atoms with E-state index in [1.807, 2.05) is 0 Å². The minimum absolute atomic E-state index is 2.20. The summed E-state index contributed by atoms with van der Waals surface area (Å²) in [5.74, 6) is 0. The third-order valence-electron chi connectivity index (χ3n) is 0.547. The lowest BCUT2D eigenvalue weighted by Crippen LogP contribution is -2.09. The summed E-state index contributed by atoms with van der Waals surface area (Å²) in [6.45, 7) is 0. The summed E-state index contributed by atoms with van der Waals surface area (Å²) in [7, 11) is 0. The highest BCUT2D eigenvalue weighted by atomic mass is 32.2. The van der Waals surface area contributed by atoms with Gasteiger partial charge in [0.05, 0.1) is 0 Å². The summed E-state index contributed by atoms with van der Waals surface area (Å²) in [5, 5.41) is 0. The molecule has 0 bridgehead atoms. The van der Waals surface area contributed by atoms with Gasteiger partial charge in [-0.1, -0.05) is 0 Å². The number of halogens is 2. The second-order valence-electron chi connectivity index (χ2n) is 1.10. The minimum atomic E-state index is -2.23. The van der Waals surface area contributed by atoms with Crippen LogP contribution >= 0.6 is 0 Å². The van der Waals surface area contributed by atoms with Gasteiger partial charge in [-0.15, -0.1) is 0 Å². The predicted octanol–water partition coefficient (Wildman–Crippen LogP) is 0.203. The van der Waals surface area contributed by atoms with Gasteiger partial charge in [-0.3, -0.25) is 0 Å². The van der Waals surface area contributed by atoms with Crippen LogP contribution in [0.15, 0.2) is 0 Å². The Balaban J connectivity index is 2.51. The molecule has 0 aliphatic carbocycles. The molecule has 1 fully saturated rings. The average molecular weight is 144 g/mol. The minimum Gasteiger partial charge on any atom is -0.225 e. The highest BCUT2D eigenvalue weighted by Gasteiger charge is 2.34. The molecule has 1 aliphatic heterocycles. The Morgan fingerprint density at radius 2 is 1.62 bits per heavy atom. The van der Waals surface area contributed by atoms with Gasteiger partial charge in [-0.2, -0.15) is 4.21 Å². The van der Waals surface area contributed by atoms with Crippen LogP contribution in [0.25, 0.3) is 0 Å². The number of hydrogen-bond acceptors (Lipinski definition) is 3. The van der Waals surface area contributed by atoms with E-state index in [0.29, 0.717) is 0 Å². The highest BCUT2D eigenvalue weighted by molar-refractivity contribution is 7.75. The molecule has 48 valence electrons. The maximum absolute atomic E-state index is 11.7. The fourth-order valence-electron chi connectivity index (χ4n) is 0.260. The molecule has 2 unspecified atom stereocenters. The molecule has 1 aliphatic rings. The van der Waals surface area contributed by atoms with Crippen molar-refractivity contribution in [2.75, 3.05) is 0 Å². The molecule has 1 heterocycles. The van der Waals surface area contributed by atoms with E-state index in [-0.39, 0.29) is 0 Å². The standard InChI is InChI=1S/C2H2F2O3S/c3-1-2(4)7-8(5)6-1/h1-2H. The topological polar surface area (TPSA) is 35.5 Å². The van der Waals surface area contributed by atoms with E-state index in [2.05, 4.69) is 8.37 Å². The van der Waals surface area contributed by atoms with E-state index in [9.17, 15) is 13.0 Å². The Kier molecular flexibility index (Phi) is 1.54. The summed E-state index contributed by atoms with van der Waals surface area (Å²) in [5.41, 5.74) is 0. The van der Waals surface area contributed by atoms with Crippen LogP contribution in [0.5, 0.6) is 0 Å². The Labute approximate surface area is 46.4 Å². The Bertz CT molecular complexity index is 106. The van der Waals surface area contributed by atoms with Gasteiger partial charge in [0.1, 0.15) is 0 Å². The maximum Gasteiger partial charge on any atom is 0.310 e. The van der Waals surface area contributed by atoms with E-state index in [4.69, 9.17) is 0 Å². The van der Waals surface area contributed by atoms with Gasteiger partial charge in [0.25, 0.3) is 12.7 Å². The molecule has 0 radical (unpaired) electrons. The molecule has 8 heavy (non-hydrogen) atoms. The second kappa shape index (κ2) is 2.04. The van der Waals surface area contributed by atoms with Crippen LogP contribution < -0.4 is 0 Å². The van der Waals surface area contributed by atoms with Crippen molar-refractivity contribution in [3.63, 3.8) is 0 Å².